The van der Waals surface area contributed by atoms with Gasteiger partial charge in [0.2, 0.25) is 0 Å². The van der Waals surface area contributed by atoms with E-state index in [-0.39, 0.29) is 36.2 Å². The number of urea groups is 1. The molecule has 2 N–H and O–H groups in total. The van der Waals surface area contributed by atoms with Gasteiger partial charge in [-0.15, -0.1) is 0 Å². The maximum atomic E-state index is 13.2. The number of aromatic nitrogens is 2. The van der Waals surface area contributed by atoms with Gasteiger partial charge >= 0.3 is 18.2 Å². The fourth-order valence-electron chi connectivity index (χ4n) is 4.02. The highest BCUT2D eigenvalue weighted by Crippen LogP contribution is 2.36. The maximum absolute atomic E-state index is 13.2. The molecular formula is C27H27ClF3N5O5. The molecule has 10 nitrogen and oxygen atoms in total. The predicted octanol–water partition coefficient (Wildman–Crippen LogP) is 5.87. The smallest absolute Gasteiger partial charge is 0.417 e. The van der Waals surface area contributed by atoms with Gasteiger partial charge in [-0.3, -0.25) is 0 Å². The Hall–Kier alpha value is -4.10. The number of alkyl halides is 3. The lowest BCUT2D eigenvalue weighted by atomic mass is 10.1. The predicted molar refractivity (Wildman–Crippen MR) is 147 cm³/mol. The summed E-state index contributed by atoms with van der Waals surface area (Å²) >= 11 is 5.65. The zero-order valence-corrected chi connectivity index (χ0v) is 22.9. The Kier molecular flexibility index (Phi) is 9.50. The second kappa shape index (κ2) is 13.0. The molecule has 0 radical (unpaired) electrons. The average Bonchev–Trinajstić information content (AvgIpc) is 2.94. The molecule has 0 aliphatic carbocycles. The molecule has 3 aromatic rings. The lowest BCUT2D eigenvalue weighted by Gasteiger charge is -2.29. The molecule has 218 valence electrons. The summed E-state index contributed by atoms with van der Waals surface area (Å²) in [5.41, 5.74) is -0.455. The van der Waals surface area contributed by atoms with E-state index in [1.165, 1.54) is 6.07 Å². The van der Waals surface area contributed by atoms with Crippen LogP contribution in [0.2, 0.25) is 5.02 Å². The van der Waals surface area contributed by atoms with Gasteiger partial charge in [-0.05, 0) is 44.2 Å². The van der Waals surface area contributed by atoms with Crippen LogP contribution in [-0.4, -0.2) is 61.5 Å². The van der Waals surface area contributed by atoms with Crippen molar-refractivity contribution >= 4 is 40.8 Å². The Morgan fingerprint density at radius 2 is 1.73 bits per heavy atom. The minimum atomic E-state index is -4.68. The first kappa shape index (κ1) is 29.9. The van der Waals surface area contributed by atoms with E-state index in [1.54, 1.807) is 38.1 Å². The fraction of sp³-hybridized carbons (Fsp3) is 0.333. The van der Waals surface area contributed by atoms with E-state index < -0.39 is 28.8 Å². The topological polar surface area (TPSA) is 115 Å². The molecule has 1 fully saturated rings. The number of benzene rings is 2. The lowest BCUT2D eigenvalue weighted by Crippen LogP contribution is -2.37. The van der Waals surface area contributed by atoms with Gasteiger partial charge in [0.15, 0.2) is 23.1 Å². The van der Waals surface area contributed by atoms with Crippen LogP contribution in [0.5, 0.6) is 5.75 Å². The van der Waals surface area contributed by atoms with Gasteiger partial charge in [0, 0.05) is 30.0 Å². The number of esters is 1. The number of morpholine rings is 1. The number of anilines is 3. The van der Waals surface area contributed by atoms with Crippen LogP contribution in [0.3, 0.4) is 0 Å². The zero-order chi connectivity index (χ0) is 29.6. The Morgan fingerprint density at radius 3 is 2.39 bits per heavy atom. The van der Waals surface area contributed by atoms with Gasteiger partial charge in [-0.1, -0.05) is 23.7 Å². The highest BCUT2D eigenvalue weighted by atomic mass is 35.5. The number of ether oxygens (including phenoxy) is 3. The third kappa shape index (κ3) is 7.35. The van der Waals surface area contributed by atoms with Crippen LogP contribution in [0.4, 0.5) is 35.2 Å². The number of nitrogens with one attached hydrogen (secondary N) is 2. The summed E-state index contributed by atoms with van der Waals surface area (Å²) < 4.78 is 56.0. The highest BCUT2D eigenvalue weighted by molar-refractivity contribution is 6.31. The summed E-state index contributed by atoms with van der Waals surface area (Å²) in [6.07, 6.45) is -4.68. The molecule has 41 heavy (non-hydrogen) atoms. The summed E-state index contributed by atoms with van der Waals surface area (Å²) in [5, 5.41) is 4.46. The number of hydrogen-bond donors (Lipinski definition) is 2. The van der Waals surface area contributed by atoms with Gasteiger partial charge in [0.25, 0.3) is 0 Å². The molecule has 0 bridgehead atoms. The van der Waals surface area contributed by atoms with Crippen LogP contribution < -0.4 is 20.3 Å². The summed E-state index contributed by atoms with van der Waals surface area (Å²) in [4.78, 5) is 36.6. The number of nitrogens with zero attached hydrogens (tertiary/aromatic N) is 3. The molecule has 4 rings (SSSR count). The third-order valence-corrected chi connectivity index (χ3v) is 6.15. The monoisotopic (exact) mass is 593 g/mol. The molecule has 0 spiro atoms. The first-order valence-corrected chi connectivity index (χ1v) is 13.1. The van der Waals surface area contributed by atoms with Crippen molar-refractivity contribution in [1.82, 2.24) is 9.97 Å². The number of carbonyl (C=O) groups excluding carboxylic acids is 2. The number of amides is 2. The quantitative estimate of drug-likeness (QED) is 0.312. The number of carbonyl (C=O) groups is 2. The van der Waals surface area contributed by atoms with E-state index in [9.17, 15) is 22.8 Å². The molecule has 1 aliphatic heterocycles. The number of rotatable bonds is 8. The Labute approximate surface area is 238 Å². The lowest BCUT2D eigenvalue weighted by molar-refractivity contribution is -0.137. The van der Waals surface area contributed by atoms with Crippen molar-refractivity contribution in [3.05, 3.63) is 58.7 Å². The van der Waals surface area contributed by atoms with Gasteiger partial charge in [0.05, 0.1) is 37.0 Å². The van der Waals surface area contributed by atoms with Crippen molar-refractivity contribution in [2.75, 3.05) is 55.1 Å². The molecule has 2 heterocycles. The van der Waals surface area contributed by atoms with Crippen LogP contribution in [0.15, 0.2) is 42.5 Å². The summed E-state index contributed by atoms with van der Waals surface area (Å²) in [5.74, 6) is 0.104. The Balaban J connectivity index is 1.64. The SMILES string of the molecule is CCOC(=O)c1nc(-c2cccc(NC(=O)Nc3ccc(Cl)c(C(F)(F)F)c3)c2)nc(N2CCOCC2)c1OCC. The molecule has 2 aromatic carbocycles. The van der Waals surface area contributed by atoms with Crippen molar-refractivity contribution in [2.45, 2.75) is 20.0 Å². The van der Waals surface area contributed by atoms with Gasteiger partial charge in [0.1, 0.15) is 0 Å². The summed E-state index contributed by atoms with van der Waals surface area (Å²) in [6, 6.07) is 8.73. The molecular weight excluding hydrogens is 567 g/mol. The Morgan fingerprint density at radius 1 is 1.02 bits per heavy atom. The molecule has 14 heteroatoms. The maximum Gasteiger partial charge on any atom is 0.417 e. The van der Waals surface area contributed by atoms with E-state index in [4.69, 9.17) is 30.8 Å². The van der Waals surface area contributed by atoms with Crippen molar-refractivity contribution in [3.8, 4) is 17.1 Å². The normalized spacial score (nSPS) is 13.5. The van der Waals surface area contributed by atoms with E-state index in [2.05, 4.69) is 15.6 Å². The average molecular weight is 594 g/mol. The molecule has 0 unspecified atom stereocenters. The minimum absolute atomic E-state index is 0.0421. The Bertz CT molecular complexity index is 1420. The minimum Gasteiger partial charge on any atom is -0.488 e. The van der Waals surface area contributed by atoms with Crippen molar-refractivity contribution < 1.29 is 37.0 Å². The zero-order valence-electron chi connectivity index (χ0n) is 22.2. The van der Waals surface area contributed by atoms with E-state index in [0.717, 1.165) is 12.1 Å². The van der Waals surface area contributed by atoms with Crippen molar-refractivity contribution in [1.29, 1.82) is 0 Å². The standard InChI is InChI=1S/C27H27ClF3N5O5/c1-3-40-22-21(25(37)41-4-2)34-23(35-24(22)36-10-12-39-13-11-36)16-6-5-7-17(14-16)32-26(38)33-18-8-9-20(28)19(15-18)27(29,30)31/h5-9,14-15H,3-4,10-13H2,1-2H3,(H2,32,33,38). The van der Waals surface area contributed by atoms with Crippen molar-refractivity contribution in [2.24, 2.45) is 0 Å². The molecule has 0 atom stereocenters. The summed E-state index contributed by atoms with van der Waals surface area (Å²) in [6.45, 7) is 5.81. The molecule has 0 saturated carbocycles. The number of halogens is 4. The fourth-order valence-corrected chi connectivity index (χ4v) is 4.25. The van der Waals surface area contributed by atoms with Crippen LogP contribution in [0.25, 0.3) is 11.4 Å². The molecule has 1 aromatic heterocycles. The summed E-state index contributed by atoms with van der Waals surface area (Å²) in [7, 11) is 0. The molecule has 2 amide bonds. The van der Waals surface area contributed by atoms with Crippen LogP contribution >= 0.6 is 11.6 Å². The first-order valence-electron chi connectivity index (χ1n) is 12.7. The van der Waals surface area contributed by atoms with Crippen LogP contribution in [0.1, 0.15) is 29.9 Å². The van der Waals surface area contributed by atoms with E-state index >= 15 is 0 Å². The van der Waals surface area contributed by atoms with Gasteiger partial charge < -0.3 is 29.7 Å². The van der Waals surface area contributed by atoms with Crippen LogP contribution in [-0.2, 0) is 15.7 Å². The van der Waals surface area contributed by atoms with E-state index in [0.29, 0.717) is 43.4 Å². The first-order chi connectivity index (χ1) is 19.6. The van der Waals surface area contributed by atoms with Crippen LogP contribution in [0, 0.1) is 0 Å². The van der Waals surface area contributed by atoms with E-state index in [1.807, 2.05) is 4.90 Å². The second-order valence-corrected chi connectivity index (χ2v) is 9.06. The molecule has 1 saturated heterocycles. The third-order valence-electron chi connectivity index (χ3n) is 5.82. The largest absolute Gasteiger partial charge is 0.488 e. The van der Waals surface area contributed by atoms with Gasteiger partial charge in [-0.2, -0.15) is 13.2 Å². The highest BCUT2D eigenvalue weighted by Gasteiger charge is 2.33. The number of hydrogen-bond acceptors (Lipinski definition) is 8. The molecule has 1 aliphatic rings. The second-order valence-electron chi connectivity index (χ2n) is 8.65. The van der Waals surface area contributed by atoms with Crippen molar-refractivity contribution in [3.63, 3.8) is 0 Å². The van der Waals surface area contributed by atoms with Gasteiger partial charge in [-0.25, -0.2) is 19.6 Å².